The monoisotopic (exact) mass is 297 g/mol. The number of nitrogens with one attached hydrogen (secondary N) is 1. The lowest BCUT2D eigenvalue weighted by atomic mass is 9.78. The molecule has 0 aromatic carbocycles. The lowest BCUT2D eigenvalue weighted by molar-refractivity contribution is 0.0854. The first-order valence-electron chi connectivity index (χ1n) is 4.90. The van der Waals surface area contributed by atoms with E-state index in [9.17, 15) is 4.79 Å². The Balaban J connectivity index is 2.11. The average molecular weight is 299 g/mol. The highest BCUT2D eigenvalue weighted by atomic mass is 35.5. The summed E-state index contributed by atoms with van der Waals surface area (Å²) in [6, 6.07) is 1.59. The number of hydrogen-bond acceptors (Lipinski definition) is 2. The fourth-order valence-electron chi connectivity index (χ4n) is 1.70. The Labute approximate surface area is 113 Å². The minimum Gasteiger partial charge on any atom is -0.345 e. The maximum Gasteiger partial charge on any atom is 0.254 e. The van der Waals surface area contributed by atoms with Crippen molar-refractivity contribution in [3.8, 4) is 0 Å². The molecule has 1 aliphatic carbocycles. The van der Waals surface area contributed by atoms with Crippen LogP contribution >= 0.6 is 46.1 Å². The second-order valence-corrected chi connectivity index (χ2v) is 6.51. The third-order valence-electron chi connectivity index (χ3n) is 2.85. The van der Waals surface area contributed by atoms with Crippen molar-refractivity contribution < 1.29 is 4.79 Å². The highest BCUT2D eigenvalue weighted by Crippen LogP contribution is 2.35. The van der Waals surface area contributed by atoms with Crippen molar-refractivity contribution >= 4 is 52.0 Å². The van der Waals surface area contributed by atoms with Crippen LogP contribution in [0.5, 0.6) is 0 Å². The number of thiophene rings is 1. The first-order valence-corrected chi connectivity index (χ1v) is 7.00. The molecule has 1 aliphatic rings. The second-order valence-electron chi connectivity index (χ2n) is 3.96. The van der Waals surface area contributed by atoms with Gasteiger partial charge in [-0.3, -0.25) is 4.79 Å². The zero-order chi connectivity index (χ0) is 11.8. The average Bonchev–Trinajstić information content (AvgIpc) is 2.51. The van der Waals surface area contributed by atoms with E-state index in [0.29, 0.717) is 20.1 Å². The first kappa shape index (κ1) is 12.5. The van der Waals surface area contributed by atoms with E-state index in [-0.39, 0.29) is 11.4 Å². The molecule has 0 radical (unpaired) electrons. The molecule has 1 fully saturated rings. The van der Waals surface area contributed by atoms with Crippen LogP contribution in [0.25, 0.3) is 0 Å². The van der Waals surface area contributed by atoms with E-state index in [0.717, 1.165) is 19.3 Å². The minimum absolute atomic E-state index is 0.187. The molecule has 1 heterocycles. The number of carbonyl (C=O) groups is 1. The molecule has 6 heteroatoms. The van der Waals surface area contributed by atoms with Crippen molar-refractivity contribution in [2.75, 3.05) is 5.88 Å². The van der Waals surface area contributed by atoms with Crippen LogP contribution in [0.2, 0.25) is 8.67 Å². The molecule has 1 saturated carbocycles. The Kier molecular flexibility index (Phi) is 3.69. The maximum atomic E-state index is 11.9. The molecule has 1 N–H and O–H groups in total. The molecule has 1 amide bonds. The van der Waals surface area contributed by atoms with Gasteiger partial charge in [0.1, 0.15) is 4.34 Å². The van der Waals surface area contributed by atoms with Crippen LogP contribution in [0.1, 0.15) is 29.6 Å². The van der Waals surface area contributed by atoms with Gasteiger partial charge >= 0.3 is 0 Å². The van der Waals surface area contributed by atoms with Crippen molar-refractivity contribution in [3.63, 3.8) is 0 Å². The van der Waals surface area contributed by atoms with Gasteiger partial charge in [0.05, 0.1) is 15.4 Å². The number of amides is 1. The molecule has 0 atom stereocenters. The molecular weight excluding hydrogens is 289 g/mol. The Morgan fingerprint density at radius 3 is 2.56 bits per heavy atom. The van der Waals surface area contributed by atoms with E-state index in [4.69, 9.17) is 34.8 Å². The van der Waals surface area contributed by atoms with Crippen LogP contribution in [-0.4, -0.2) is 17.3 Å². The minimum atomic E-state index is -0.240. The van der Waals surface area contributed by atoms with Gasteiger partial charge < -0.3 is 5.32 Å². The lowest BCUT2D eigenvalue weighted by Gasteiger charge is -2.40. The van der Waals surface area contributed by atoms with E-state index in [1.54, 1.807) is 6.07 Å². The van der Waals surface area contributed by atoms with Gasteiger partial charge in [-0.25, -0.2) is 0 Å². The van der Waals surface area contributed by atoms with Gasteiger partial charge in [-0.15, -0.1) is 22.9 Å². The van der Waals surface area contributed by atoms with Crippen LogP contribution in [0, 0.1) is 0 Å². The summed E-state index contributed by atoms with van der Waals surface area (Å²) in [4.78, 5) is 11.9. The standard InChI is InChI=1S/C10H10Cl3NOS/c11-5-10(2-1-3-10)14-9(15)6-4-7(12)16-8(6)13/h4H,1-3,5H2,(H,14,15). The van der Waals surface area contributed by atoms with Crippen molar-refractivity contribution in [3.05, 3.63) is 20.3 Å². The predicted molar refractivity (Wildman–Crippen MR) is 69.1 cm³/mol. The van der Waals surface area contributed by atoms with Crippen LogP contribution in [-0.2, 0) is 0 Å². The van der Waals surface area contributed by atoms with E-state index in [2.05, 4.69) is 5.32 Å². The molecule has 0 unspecified atom stereocenters. The number of rotatable bonds is 3. The number of carbonyl (C=O) groups excluding carboxylic acids is 1. The van der Waals surface area contributed by atoms with Crippen molar-refractivity contribution in [2.45, 2.75) is 24.8 Å². The van der Waals surface area contributed by atoms with E-state index >= 15 is 0 Å². The summed E-state index contributed by atoms with van der Waals surface area (Å²) in [5.74, 6) is 0.252. The molecule has 1 aromatic heterocycles. The summed E-state index contributed by atoms with van der Waals surface area (Å²) in [6.07, 6.45) is 2.96. The summed E-state index contributed by atoms with van der Waals surface area (Å²) >= 11 is 18.8. The highest BCUT2D eigenvalue weighted by molar-refractivity contribution is 7.20. The van der Waals surface area contributed by atoms with E-state index in [1.807, 2.05) is 0 Å². The Morgan fingerprint density at radius 2 is 2.19 bits per heavy atom. The fourth-order valence-corrected chi connectivity index (χ4v) is 3.49. The van der Waals surface area contributed by atoms with Crippen LogP contribution in [0.3, 0.4) is 0 Å². The quantitative estimate of drug-likeness (QED) is 0.841. The molecular formula is C10H10Cl3NOS. The highest BCUT2D eigenvalue weighted by Gasteiger charge is 2.38. The molecule has 2 rings (SSSR count). The molecule has 2 nitrogen and oxygen atoms in total. The largest absolute Gasteiger partial charge is 0.345 e. The first-order chi connectivity index (χ1) is 7.56. The summed E-state index contributed by atoms with van der Waals surface area (Å²) in [5.41, 5.74) is 0.198. The zero-order valence-corrected chi connectivity index (χ0v) is 11.4. The van der Waals surface area contributed by atoms with Gasteiger partial charge in [0.2, 0.25) is 0 Å². The Hall–Kier alpha value is 0.0400. The van der Waals surface area contributed by atoms with E-state index < -0.39 is 0 Å². The molecule has 16 heavy (non-hydrogen) atoms. The molecule has 0 aliphatic heterocycles. The number of alkyl halides is 1. The molecule has 0 bridgehead atoms. The lowest BCUT2D eigenvalue weighted by Crippen LogP contribution is -2.54. The van der Waals surface area contributed by atoms with Crippen molar-refractivity contribution in [1.29, 1.82) is 0 Å². The topological polar surface area (TPSA) is 29.1 Å². The van der Waals surface area contributed by atoms with Crippen LogP contribution in [0.15, 0.2) is 6.07 Å². The Bertz CT molecular complexity index is 409. The summed E-state index contributed by atoms with van der Waals surface area (Å²) in [5, 5.41) is 2.94. The number of hydrogen-bond donors (Lipinski definition) is 1. The maximum absolute atomic E-state index is 11.9. The summed E-state index contributed by atoms with van der Waals surface area (Å²) in [7, 11) is 0. The molecule has 0 spiro atoms. The van der Waals surface area contributed by atoms with Crippen LogP contribution < -0.4 is 5.32 Å². The summed E-state index contributed by atoms with van der Waals surface area (Å²) in [6.45, 7) is 0. The Morgan fingerprint density at radius 1 is 1.50 bits per heavy atom. The fraction of sp³-hybridized carbons (Fsp3) is 0.500. The van der Waals surface area contributed by atoms with Crippen molar-refractivity contribution in [2.24, 2.45) is 0 Å². The molecule has 1 aromatic rings. The van der Waals surface area contributed by atoms with Gasteiger partial charge in [0.25, 0.3) is 5.91 Å². The van der Waals surface area contributed by atoms with Gasteiger partial charge in [0, 0.05) is 5.88 Å². The SMILES string of the molecule is O=C(NC1(CCl)CCC1)c1cc(Cl)sc1Cl. The van der Waals surface area contributed by atoms with Gasteiger partial charge in [-0.1, -0.05) is 23.2 Å². The van der Waals surface area contributed by atoms with Gasteiger partial charge in [-0.05, 0) is 25.3 Å². The third kappa shape index (κ3) is 2.33. The molecule has 88 valence electrons. The summed E-state index contributed by atoms with van der Waals surface area (Å²) < 4.78 is 0.940. The van der Waals surface area contributed by atoms with Gasteiger partial charge in [0.15, 0.2) is 0 Å². The van der Waals surface area contributed by atoms with Crippen molar-refractivity contribution in [1.82, 2.24) is 5.32 Å². The predicted octanol–water partition coefficient (Wildman–Crippen LogP) is 3.95. The molecule has 0 saturated heterocycles. The van der Waals surface area contributed by atoms with E-state index in [1.165, 1.54) is 11.3 Å². The smallest absolute Gasteiger partial charge is 0.254 e. The zero-order valence-electron chi connectivity index (χ0n) is 8.36. The van der Waals surface area contributed by atoms with Gasteiger partial charge in [-0.2, -0.15) is 0 Å². The third-order valence-corrected chi connectivity index (χ3v) is 4.85. The van der Waals surface area contributed by atoms with Crippen LogP contribution in [0.4, 0.5) is 0 Å². The second kappa shape index (κ2) is 4.73. The number of halogens is 3. The normalized spacial score (nSPS) is 17.9.